The van der Waals surface area contributed by atoms with E-state index in [1.807, 2.05) is 32.0 Å². The Morgan fingerprint density at radius 2 is 2.00 bits per heavy atom. The van der Waals surface area contributed by atoms with E-state index in [4.69, 9.17) is 5.73 Å². The summed E-state index contributed by atoms with van der Waals surface area (Å²) in [6.07, 6.45) is 1.37. The summed E-state index contributed by atoms with van der Waals surface area (Å²) < 4.78 is 23.8. The zero-order chi connectivity index (χ0) is 19.6. The number of nitrogens with two attached hydrogens (primary N) is 1. The Kier molecular flexibility index (Phi) is 6.23. The minimum absolute atomic E-state index is 0.00543. The van der Waals surface area contributed by atoms with Gasteiger partial charge in [-0.3, -0.25) is 9.69 Å². The Labute approximate surface area is 162 Å². The number of likely N-dealkylation sites (tertiary alicyclic amines) is 1. The van der Waals surface area contributed by atoms with Crippen molar-refractivity contribution in [2.75, 3.05) is 31.1 Å². The molecule has 2 aliphatic heterocycles. The first-order chi connectivity index (χ1) is 12.8. The van der Waals surface area contributed by atoms with Crippen LogP contribution in [0.4, 0.5) is 0 Å². The second-order valence-electron chi connectivity index (χ2n) is 7.90. The highest BCUT2D eigenvalue weighted by molar-refractivity contribution is 7.91. The third-order valence-corrected chi connectivity index (χ3v) is 7.67. The Hall–Kier alpha value is -1.44. The van der Waals surface area contributed by atoms with Crippen molar-refractivity contribution in [3.8, 4) is 0 Å². The highest BCUT2D eigenvalue weighted by Crippen LogP contribution is 2.29. The first kappa shape index (κ1) is 20.3. The number of benzene rings is 1. The van der Waals surface area contributed by atoms with Gasteiger partial charge in [-0.2, -0.15) is 0 Å². The summed E-state index contributed by atoms with van der Waals surface area (Å²) in [6, 6.07) is 9.72. The van der Waals surface area contributed by atoms with Crippen molar-refractivity contribution in [3.05, 3.63) is 35.9 Å². The maximum Gasteiger partial charge on any atom is 0.239 e. The first-order valence-corrected chi connectivity index (χ1v) is 11.7. The topological polar surface area (TPSA) is 83.7 Å². The highest BCUT2D eigenvalue weighted by atomic mass is 32.2. The van der Waals surface area contributed by atoms with Crippen LogP contribution in [-0.4, -0.2) is 73.4 Å². The van der Waals surface area contributed by atoms with E-state index in [0.29, 0.717) is 19.5 Å². The Bertz CT molecular complexity index is 753. The molecule has 2 unspecified atom stereocenters. The summed E-state index contributed by atoms with van der Waals surface area (Å²) in [5.74, 6) is 0.523. The predicted molar refractivity (Wildman–Crippen MR) is 107 cm³/mol. The Balaban J connectivity index is 1.70. The highest BCUT2D eigenvalue weighted by Gasteiger charge is 2.40. The van der Waals surface area contributed by atoms with Crippen LogP contribution in [0, 0.1) is 0 Å². The lowest BCUT2D eigenvalue weighted by Gasteiger charge is -2.33. The van der Waals surface area contributed by atoms with Crippen LogP contribution in [-0.2, 0) is 14.6 Å². The smallest absolute Gasteiger partial charge is 0.239 e. The van der Waals surface area contributed by atoms with Crippen LogP contribution in [0.15, 0.2) is 30.3 Å². The van der Waals surface area contributed by atoms with Crippen molar-refractivity contribution in [2.45, 2.75) is 50.7 Å². The fourth-order valence-corrected chi connectivity index (χ4v) is 6.09. The van der Waals surface area contributed by atoms with E-state index in [1.54, 1.807) is 4.90 Å². The second kappa shape index (κ2) is 8.29. The molecule has 150 valence electrons. The molecule has 3 rings (SSSR count). The molecule has 2 N–H and O–H groups in total. The maximum absolute atomic E-state index is 13.2. The number of carbonyl (C=O) groups excluding carboxylic acids is 1. The van der Waals surface area contributed by atoms with Crippen molar-refractivity contribution >= 4 is 15.7 Å². The van der Waals surface area contributed by atoms with Crippen LogP contribution in [0.5, 0.6) is 0 Å². The molecule has 0 radical (unpaired) electrons. The molecule has 0 spiro atoms. The van der Waals surface area contributed by atoms with Crippen LogP contribution in [0.25, 0.3) is 0 Å². The lowest BCUT2D eigenvalue weighted by Crippen LogP contribution is -2.51. The largest absolute Gasteiger partial charge is 0.337 e. The van der Waals surface area contributed by atoms with Crippen LogP contribution < -0.4 is 5.73 Å². The van der Waals surface area contributed by atoms with Crippen LogP contribution in [0.1, 0.15) is 38.2 Å². The van der Waals surface area contributed by atoms with Gasteiger partial charge >= 0.3 is 0 Å². The summed E-state index contributed by atoms with van der Waals surface area (Å²) in [7, 11) is -3.02. The zero-order valence-corrected chi connectivity index (χ0v) is 17.1. The molecule has 2 heterocycles. The van der Waals surface area contributed by atoms with Gasteiger partial charge in [0.15, 0.2) is 9.84 Å². The molecule has 2 aliphatic rings. The number of rotatable bonds is 6. The fourth-order valence-electron chi connectivity index (χ4n) is 4.36. The maximum atomic E-state index is 13.2. The summed E-state index contributed by atoms with van der Waals surface area (Å²) in [5.41, 5.74) is 7.59. The van der Waals surface area contributed by atoms with Gasteiger partial charge in [-0.1, -0.05) is 37.3 Å². The molecule has 0 aliphatic carbocycles. The number of amides is 1. The molecule has 1 aromatic carbocycles. The van der Waals surface area contributed by atoms with E-state index in [9.17, 15) is 13.2 Å². The quantitative estimate of drug-likeness (QED) is 0.786. The molecule has 1 amide bonds. The van der Waals surface area contributed by atoms with Gasteiger partial charge in [0.25, 0.3) is 0 Å². The lowest BCUT2D eigenvalue weighted by atomic mass is 9.95. The predicted octanol–water partition coefficient (Wildman–Crippen LogP) is 1.23. The molecule has 0 saturated carbocycles. The SMILES string of the molecule is CCCN(C(=O)C(C)N1C[C@@H](N)[C@H](c2ccccc2)C1)C1CCS(=O)(=O)C1. The molecule has 7 heteroatoms. The van der Waals surface area contributed by atoms with E-state index in [2.05, 4.69) is 17.0 Å². The normalized spacial score (nSPS) is 28.9. The zero-order valence-electron chi connectivity index (χ0n) is 16.3. The molecule has 0 aromatic heterocycles. The fraction of sp³-hybridized carbons (Fsp3) is 0.650. The Morgan fingerprint density at radius 1 is 1.30 bits per heavy atom. The molecule has 4 atom stereocenters. The lowest BCUT2D eigenvalue weighted by molar-refractivity contribution is -0.138. The van der Waals surface area contributed by atoms with Crippen molar-refractivity contribution in [1.82, 2.24) is 9.80 Å². The van der Waals surface area contributed by atoms with Gasteiger partial charge in [-0.05, 0) is 25.3 Å². The third kappa shape index (κ3) is 4.52. The van der Waals surface area contributed by atoms with Crippen LogP contribution in [0.3, 0.4) is 0 Å². The molecule has 0 bridgehead atoms. The number of hydrogen-bond acceptors (Lipinski definition) is 5. The van der Waals surface area contributed by atoms with E-state index in [0.717, 1.165) is 13.0 Å². The van der Waals surface area contributed by atoms with Gasteiger partial charge in [-0.25, -0.2) is 8.42 Å². The second-order valence-corrected chi connectivity index (χ2v) is 10.1. The van der Waals surface area contributed by atoms with Gasteiger partial charge < -0.3 is 10.6 Å². The molecule has 6 nitrogen and oxygen atoms in total. The molecule has 2 saturated heterocycles. The minimum atomic E-state index is -3.02. The van der Waals surface area contributed by atoms with Gasteiger partial charge in [0.2, 0.25) is 5.91 Å². The first-order valence-electron chi connectivity index (χ1n) is 9.88. The van der Waals surface area contributed by atoms with E-state index in [1.165, 1.54) is 5.56 Å². The minimum Gasteiger partial charge on any atom is -0.337 e. The van der Waals surface area contributed by atoms with Gasteiger partial charge in [0.1, 0.15) is 0 Å². The molecular weight excluding hydrogens is 362 g/mol. The summed E-state index contributed by atoms with van der Waals surface area (Å²) in [6.45, 7) is 5.97. The number of nitrogens with zero attached hydrogens (tertiary/aromatic N) is 2. The van der Waals surface area contributed by atoms with Crippen LogP contribution in [0.2, 0.25) is 0 Å². The van der Waals surface area contributed by atoms with Gasteiger partial charge in [-0.15, -0.1) is 0 Å². The summed E-state index contributed by atoms with van der Waals surface area (Å²) in [5, 5.41) is 0. The van der Waals surface area contributed by atoms with Crippen molar-refractivity contribution in [3.63, 3.8) is 0 Å². The monoisotopic (exact) mass is 393 g/mol. The molecule has 27 heavy (non-hydrogen) atoms. The molecular formula is C20H31N3O3S. The summed E-state index contributed by atoms with van der Waals surface area (Å²) in [4.78, 5) is 17.2. The standard InChI is InChI=1S/C20H31N3O3S/c1-3-10-23(17-9-11-27(25,26)14-17)20(24)15(2)22-12-18(19(21)13-22)16-7-5-4-6-8-16/h4-8,15,17-19H,3,9-14,21H2,1-2H3/t15?,17?,18-,19+/m0/s1. The van der Waals surface area contributed by atoms with Gasteiger partial charge in [0, 0.05) is 37.6 Å². The molecule has 1 aromatic rings. The Morgan fingerprint density at radius 3 is 2.59 bits per heavy atom. The average Bonchev–Trinajstić information content (AvgIpc) is 3.21. The van der Waals surface area contributed by atoms with E-state index in [-0.39, 0.29) is 41.5 Å². The van der Waals surface area contributed by atoms with Crippen molar-refractivity contribution < 1.29 is 13.2 Å². The molecule has 2 fully saturated rings. The summed E-state index contributed by atoms with van der Waals surface area (Å²) >= 11 is 0. The van der Waals surface area contributed by atoms with Gasteiger partial charge in [0.05, 0.1) is 17.5 Å². The van der Waals surface area contributed by atoms with Crippen molar-refractivity contribution in [2.24, 2.45) is 5.73 Å². The van der Waals surface area contributed by atoms with Crippen LogP contribution >= 0.6 is 0 Å². The number of hydrogen-bond donors (Lipinski definition) is 1. The number of carbonyl (C=O) groups is 1. The average molecular weight is 394 g/mol. The van der Waals surface area contributed by atoms with Crippen molar-refractivity contribution in [1.29, 1.82) is 0 Å². The van der Waals surface area contributed by atoms with E-state index < -0.39 is 9.84 Å². The number of sulfone groups is 1. The third-order valence-electron chi connectivity index (χ3n) is 5.92. The van der Waals surface area contributed by atoms with E-state index >= 15 is 0 Å².